The molecular weight excluding hydrogens is 316 g/mol. The van der Waals surface area contributed by atoms with Crippen LogP contribution in [0.4, 0.5) is 0 Å². The molecule has 20 heavy (non-hydrogen) atoms. The number of benzene rings is 1. The van der Waals surface area contributed by atoms with Gasteiger partial charge in [-0.15, -0.1) is 0 Å². The van der Waals surface area contributed by atoms with E-state index in [2.05, 4.69) is 34.7 Å². The minimum Gasteiger partial charge on any atom is -0.385 e. The minimum atomic E-state index is 0.0926. The third-order valence-electron chi connectivity index (χ3n) is 3.65. The normalized spacial score (nSPS) is 18.8. The monoisotopic (exact) mass is 336 g/mol. The van der Waals surface area contributed by atoms with Crippen molar-refractivity contribution in [2.75, 3.05) is 13.1 Å². The molecular formula is C16H21BrN2O. The standard InChI is InChI=1S/C16H21BrN2O/c1-3-4-8-15-12(2)18-9-10-19(15)16(20)13-6-5-7-14(17)11-13/h5-7,11,15,18H,2-4,8-10H2,1H3. The molecule has 1 aromatic carbocycles. The van der Waals surface area contributed by atoms with Crippen LogP contribution in [0.2, 0.25) is 0 Å². The summed E-state index contributed by atoms with van der Waals surface area (Å²) in [5, 5.41) is 3.29. The lowest BCUT2D eigenvalue weighted by Gasteiger charge is -2.38. The molecule has 1 N–H and O–H groups in total. The summed E-state index contributed by atoms with van der Waals surface area (Å²) in [7, 11) is 0. The lowest BCUT2D eigenvalue weighted by atomic mass is 10.0. The summed E-state index contributed by atoms with van der Waals surface area (Å²) in [5.74, 6) is 0.0926. The van der Waals surface area contributed by atoms with Gasteiger partial charge in [-0.1, -0.05) is 48.3 Å². The number of piperazine rings is 1. The maximum atomic E-state index is 12.7. The lowest BCUT2D eigenvalue weighted by molar-refractivity contribution is 0.0665. The van der Waals surface area contributed by atoms with Gasteiger partial charge in [0.15, 0.2) is 0 Å². The molecule has 2 rings (SSSR count). The number of rotatable bonds is 4. The van der Waals surface area contributed by atoms with Crippen LogP contribution in [0.1, 0.15) is 36.5 Å². The summed E-state index contributed by atoms with van der Waals surface area (Å²) in [5.41, 5.74) is 1.70. The van der Waals surface area contributed by atoms with Crippen LogP contribution in [-0.2, 0) is 0 Å². The molecule has 0 aromatic heterocycles. The molecule has 1 atom stereocenters. The molecule has 1 aliphatic rings. The molecule has 0 aliphatic carbocycles. The first-order valence-electron chi connectivity index (χ1n) is 7.12. The zero-order valence-electron chi connectivity index (χ0n) is 11.9. The minimum absolute atomic E-state index is 0.0926. The van der Waals surface area contributed by atoms with Crippen molar-refractivity contribution in [1.29, 1.82) is 0 Å². The van der Waals surface area contributed by atoms with Gasteiger partial charge in [0.2, 0.25) is 0 Å². The number of unbranched alkanes of at least 4 members (excludes halogenated alkanes) is 1. The van der Waals surface area contributed by atoms with Crippen molar-refractivity contribution in [1.82, 2.24) is 10.2 Å². The number of nitrogens with one attached hydrogen (secondary N) is 1. The Hall–Kier alpha value is -1.29. The number of carbonyl (C=O) groups excluding carboxylic acids is 1. The Balaban J connectivity index is 2.19. The van der Waals surface area contributed by atoms with E-state index in [1.54, 1.807) is 0 Å². The average molecular weight is 337 g/mol. The predicted octanol–water partition coefficient (Wildman–Crippen LogP) is 3.57. The molecule has 1 amide bonds. The van der Waals surface area contributed by atoms with Crippen LogP contribution in [-0.4, -0.2) is 29.9 Å². The van der Waals surface area contributed by atoms with Gasteiger partial charge in [0.05, 0.1) is 6.04 Å². The second kappa shape index (κ2) is 6.93. The van der Waals surface area contributed by atoms with Crippen LogP contribution in [0.25, 0.3) is 0 Å². The molecule has 0 spiro atoms. The smallest absolute Gasteiger partial charge is 0.254 e. The Morgan fingerprint density at radius 2 is 2.35 bits per heavy atom. The molecule has 1 unspecified atom stereocenters. The summed E-state index contributed by atoms with van der Waals surface area (Å²) in [4.78, 5) is 14.7. The van der Waals surface area contributed by atoms with E-state index in [0.717, 1.165) is 48.1 Å². The Bertz CT molecular complexity index is 501. The topological polar surface area (TPSA) is 32.3 Å². The number of amides is 1. The van der Waals surface area contributed by atoms with Gasteiger partial charge in [0.1, 0.15) is 0 Å². The van der Waals surface area contributed by atoms with Crippen LogP contribution >= 0.6 is 15.9 Å². The molecule has 1 aliphatic heterocycles. The van der Waals surface area contributed by atoms with Gasteiger partial charge in [-0.05, 0) is 24.6 Å². The molecule has 0 saturated carbocycles. The molecule has 0 bridgehead atoms. The van der Waals surface area contributed by atoms with Gasteiger partial charge >= 0.3 is 0 Å². The first kappa shape index (κ1) is 15.1. The van der Waals surface area contributed by atoms with E-state index >= 15 is 0 Å². The first-order valence-corrected chi connectivity index (χ1v) is 7.92. The van der Waals surface area contributed by atoms with Gasteiger partial charge in [-0.25, -0.2) is 0 Å². The summed E-state index contributed by atoms with van der Waals surface area (Å²) < 4.78 is 0.933. The van der Waals surface area contributed by atoms with Crippen LogP contribution in [0.3, 0.4) is 0 Å². The average Bonchev–Trinajstić information content (AvgIpc) is 2.45. The zero-order chi connectivity index (χ0) is 14.5. The van der Waals surface area contributed by atoms with Crippen LogP contribution in [0.15, 0.2) is 41.0 Å². The van der Waals surface area contributed by atoms with Gasteiger partial charge < -0.3 is 10.2 Å². The van der Waals surface area contributed by atoms with Crippen LogP contribution < -0.4 is 5.32 Å². The lowest BCUT2D eigenvalue weighted by Crippen LogP contribution is -2.51. The maximum absolute atomic E-state index is 12.7. The van der Waals surface area contributed by atoms with Crippen molar-refractivity contribution in [3.63, 3.8) is 0 Å². The Morgan fingerprint density at radius 1 is 1.55 bits per heavy atom. The van der Waals surface area contributed by atoms with E-state index in [9.17, 15) is 4.79 Å². The molecule has 108 valence electrons. The van der Waals surface area contributed by atoms with Crippen LogP contribution in [0, 0.1) is 0 Å². The number of halogens is 1. The van der Waals surface area contributed by atoms with Crippen molar-refractivity contribution < 1.29 is 4.79 Å². The first-order chi connectivity index (χ1) is 9.63. The summed E-state index contributed by atoms with van der Waals surface area (Å²) in [6.07, 6.45) is 3.21. The molecule has 4 heteroatoms. The predicted molar refractivity (Wildman–Crippen MR) is 85.6 cm³/mol. The third-order valence-corrected chi connectivity index (χ3v) is 4.14. The number of hydrogen-bond donors (Lipinski definition) is 1. The van der Waals surface area contributed by atoms with E-state index in [4.69, 9.17) is 0 Å². The highest BCUT2D eigenvalue weighted by Crippen LogP contribution is 2.21. The van der Waals surface area contributed by atoms with Gasteiger partial charge in [-0.3, -0.25) is 4.79 Å². The summed E-state index contributed by atoms with van der Waals surface area (Å²) >= 11 is 3.42. The van der Waals surface area contributed by atoms with E-state index in [0.29, 0.717) is 0 Å². The summed E-state index contributed by atoms with van der Waals surface area (Å²) in [6, 6.07) is 7.69. The highest BCUT2D eigenvalue weighted by molar-refractivity contribution is 9.10. The van der Waals surface area contributed by atoms with Crippen molar-refractivity contribution >= 4 is 21.8 Å². The quantitative estimate of drug-likeness (QED) is 0.911. The largest absolute Gasteiger partial charge is 0.385 e. The zero-order valence-corrected chi connectivity index (χ0v) is 13.4. The van der Waals surface area contributed by atoms with Crippen molar-refractivity contribution in [2.24, 2.45) is 0 Å². The highest BCUT2D eigenvalue weighted by atomic mass is 79.9. The second-order valence-corrected chi connectivity index (χ2v) is 6.03. The van der Waals surface area contributed by atoms with Gasteiger partial charge in [0.25, 0.3) is 5.91 Å². The number of carbonyl (C=O) groups is 1. The SMILES string of the molecule is C=C1NCCN(C(=O)c2cccc(Br)c2)C1CCCC. The van der Waals surface area contributed by atoms with E-state index in [1.165, 1.54) is 0 Å². The molecule has 3 nitrogen and oxygen atoms in total. The van der Waals surface area contributed by atoms with Crippen molar-refractivity contribution in [3.05, 3.63) is 46.6 Å². The highest BCUT2D eigenvalue weighted by Gasteiger charge is 2.29. The Morgan fingerprint density at radius 3 is 3.05 bits per heavy atom. The fourth-order valence-electron chi connectivity index (χ4n) is 2.56. The maximum Gasteiger partial charge on any atom is 0.254 e. The molecule has 1 heterocycles. The van der Waals surface area contributed by atoms with E-state index in [-0.39, 0.29) is 11.9 Å². The number of hydrogen-bond acceptors (Lipinski definition) is 2. The van der Waals surface area contributed by atoms with E-state index < -0.39 is 0 Å². The van der Waals surface area contributed by atoms with Gasteiger partial charge in [0, 0.05) is 28.8 Å². The summed E-state index contributed by atoms with van der Waals surface area (Å²) in [6.45, 7) is 7.76. The molecule has 0 radical (unpaired) electrons. The molecule has 1 fully saturated rings. The molecule has 1 saturated heterocycles. The fraction of sp³-hybridized carbons (Fsp3) is 0.438. The van der Waals surface area contributed by atoms with E-state index in [1.807, 2.05) is 29.2 Å². The second-order valence-electron chi connectivity index (χ2n) is 5.12. The molecule has 1 aromatic rings. The van der Waals surface area contributed by atoms with Crippen LogP contribution in [0.5, 0.6) is 0 Å². The van der Waals surface area contributed by atoms with Crippen molar-refractivity contribution in [2.45, 2.75) is 32.2 Å². The Labute approximate surface area is 129 Å². The number of nitrogens with zero attached hydrogens (tertiary/aromatic N) is 1. The fourth-order valence-corrected chi connectivity index (χ4v) is 2.96. The third kappa shape index (κ3) is 3.42. The Kier molecular flexibility index (Phi) is 5.24. The van der Waals surface area contributed by atoms with Gasteiger partial charge in [-0.2, -0.15) is 0 Å². The van der Waals surface area contributed by atoms with Crippen molar-refractivity contribution in [3.8, 4) is 0 Å².